The number of nitrogens with zero attached hydrogens (tertiary/aromatic N) is 1. The first-order chi connectivity index (χ1) is 10.6. The summed E-state index contributed by atoms with van der Waals surface area (Å²) in [6, 6.07) is 15.1. The molecule has 2 aromatic carbocycles. The Kier molecular flexibility index (Phi) is 5.28. The molecule has 110 valence electrons. The normalized spacial score (nSPS) is 9.64. The molecule has 0 radical (unpaired) electrons. The maximum atomic E-state index is 11.8. The second-order valence-electron chi connectivity index (χ2n) is 4.33. The van der Waals surface area contributed by atoms with Crippen molar-refractivity contribution < 1.29 is 14.3 Å². The topological polar surface area (TPSA) is 79.2 Å². The first-order valence-electron chi connectivity index (χ1n) is 6.31. The summed E-state index contributed by atoms with van der Waals surface area (Å²) in [7, 11) is 0. The summed E-state index contributed by atoms with van der Waals surface area (Å²) in [6.45, 7) is -0.401. The molecule has 0 atom stereocenters. The Labute approximate surface area is 135 Å². The van der Waals surface area contributed by atoms with Crippen LogP contribution < -0.4 is 5.32 Å². The third kappa shape index (κ3) is 4.43. The third-order valence-corrected chi connectivity index (χ3v) is 3.16. The Balaban J connectivity index is 1.90. The summed E-state index contributed by atoms with van der Waals surface area (Å²) in [5.41, 5.74) is 1.18. The van der Waals surface area contributed by atoms with Crippen molar-refractivity contribution in [3.05, 3.63) is 64.1 Å². The predicted molar refractivity (Wildman–Crippen MR) is 84.2 cm³/mol. The number of anilines is 1. The largest absolute Gasteiger partial charge is 0.452 e. The summed E-state index contributed by atoms with van der Waals surface area (Å²) in [4.78, 5) is 23.5. The molecule has 2 rings (SSSR count). The maximum absolute atomic E-state index is 11.8. The fourth-order valence-electron chi connectivity index (χ4n) is 1.69. The Hall–Kier alpha value is -2.65. The number of benzene rings is 2. The van der Waals surface area contributed by atoms with E-state index in [1.165, 1.54) is 12.1 Å². The van der Waals surface area contributed by atoms with Gasteiger partial charge in [-0.1, -0.05) is 28.1 Å². The zero-order valence-corrected chi connectivity index (χ0v) is 13.0. The van der Waals surface area contributed by atoms with Crippen LogP contribution in [0.2, 0.25) is 0 Å². The molecule has 0 saturated heterocycles. The van der Waals surface area contributed by atoms with E-state index in [0.29, 0.717) is 11.3 Å². The lowest BCUT2D eigenvalue weighted by molar-refractivity contribution is -0.119. The average Bonchev–Trinajstić information content (AvgIpc) is 2.52. The minimum absolute atomic E-state index is 0.231. The highest BCUT2D eigenvalue weighted by Crippen LogP contribution is 2.15. The quantitative estimate of drug-likeness (QED) is 0.851. The number of carbonyl (C=O) groups excluding carboxylic acids is 2. The Morgan fingerprint density at radius 2 is 1.95 bits per heavy atom. The van der Waals surface area contributed by atoms with Crippen molar-refractivity contribution in [1.82, 2.24) is 0 Å². The molecule has 2 aromatic rings. The van der Waals surface area contributed by atoms with E-state index in [1.54, 1.807) is 30.3 Å². The molecule has 0 aliphatic carbocycles. The van der Waals surface area contributed by atoms with Crippen molar-refractivity contribution in [3.8, 4) is 6.07 Å². The number of nitrogens with one attached hydrogen (secondary N) is 1. The van der Waals surface area contributed by atoms with Gasteiger partial charge in [0.2, 0.25) is 0 Å². The van der Waals surface area contributed by atoms with E-state index in [1.807, 2.05) is 12.1 Å². The molecule has 0 bridgehead atoms. The number of amides is 1. The van der Waals surface area contributed by atoms with Crippen LogP contribution >= 0.6 is 15.9 Å². The van der Waals surface area contributed by atoms with Crippen molar-refractivity contribution >= 4 is 33.5 Å². The van der Waals surface area contributed by atoms with Crippen LogP contribution in [0.15, 0.2) is 53.0 Å². The van der Waals surface area contributed by atoms with Crippen LogP contribution in [0.5, 0.6) is 0 Å². The van der Waals surface area contributed by atoms with Crippen molar-refractivity contribution in [2.45, 2.75) is 0 Å². The summed E-state index contributed by atoms with van der Waals surface area (Å²) >= 11 is 3.30. The van der Waals surface area contributed by atoms with E-state index in [0.717, 1.165) is 4.47 Å². The fraction of sp³-hybridized carbons (Fsp3) is 0.0625. The molecule has 5 nitrogen and oxygen atoms in total. The van der Waals surface area contributed by atoms with Crippen LogP contribution in [0.4, 0.5) is 5.69 Å². The summed E-state index contributed by atoms with van der Waals surface area (Å²) in [5.74, 6) is -1.09. The second kappa shape index (κ2) is 7.38. The van der Waals surface area contributed by atoms with Gasteiger partial charge in [-0.25, -0.2) is 4.79 Å². The number of nitriles is 1. The van der Waals surface area contributed by atoms with Gasteiger partial charge in [-0.3, -0.25) is 4.79 Å². The zero-order valence-electron chi connectivity index (χ0n) is 11.4. The van der Waals surface area contributed by atoms with Crippen molar-refractivity contribution in [2.24, 2.45) is 0 Å². The van der Waals surface area contributed by atoms with Gasteiger partial charge < -0.3 is 10.1 Å². The average molecular weight is 359 g/mol. The van der Waals surface area contributed by atoms with Gasteiger partial charge in [0.15, 0.2) is 6.61 Å². The van der Waals surface area contributed by atoms with E-state index >= 15 is 0 Å². The molecule has 1 amide bonds. The monoisotopic (exact) mass is 358 g/mol. The summed E-state index contributed by atoms with van der Waals surface area (Å²) in [6.07, 6.45) is 0. The van der Waals surface area contributed by atoms with Crippen LogP contribution in [0.3, 0.4) is 0 Å². The SMILES string of the molecule is N#Cc1cccc(C(=O)OCC(=O)Nc2cccc(Br)c2)c1. The highest BCUT2D eigenvalue weighted by molar-refractivity contribution is 9.10. The Morgan fingerprint density at radius 3 is 2.68 bits per heavy atom. The Bertz CT molecular complexity index is 753. The number of hydrogen-bond donors (Lipinski definition) is 1. The number of esters is 1. The molecule has 6 heteroatoms. The van der Waals surface area contributed by atoms with Gasteiger partial charge in [0.05, 0.1) is 17.2 Å². The minimum Gasteiger partial charge on any atom is -0.452 e. The van der Waals surface area contributed by atoms with Crippen LogP contribution in [0, 0.1) is 11.3 Å². The van der Waals surface area contributed by atoms with Crippen molar-refractivity contribution in [2.75, 3.05) is 11.9 Å². The standard InChI is InChI=1S/C16H11BrN2O3/c17-13-5-2-6-14(8-13)19-15(20)10-22-16(21)12-4-1-3-11(7-12)9-18/h1-8H,10H2,(H,19,20). The zero-order chi connectivity index (χ0) is 15.9. The van der Waals surface area contributed by atoms with Crippen molar-refractivity contribution in [1.29, 1.82) is 5.26 Å². The van der Waals surface area contributed by atoms with Crippen LogP contribution in [-0.2, 0) is 9.53 Å². The van der Waals surface area contributed by atoms with Gasteiger partial charge in [-0.15, -0.1) is 0 Å². The molecular formula is C16H11BrN2O3. The first-order valence-corrected chi connectivity index (χ1v) is 7.10. The lowest BCUT2D eigenvalue weighted by Crippen LogP contribution is -2.20. The number of ether oxygens (including phenoxy) is 1. The van der Waals surface area contributed by atoms with Gasteiger partial charge in [-0.2, -0.15) is 5.26 Å². The molecule has 0 aliphatic rings. The van der Waals surface area contributed by atoms with Crippen LogP contribution in [0.1, 0.15) is 15.9 Å². The molecule has 22 heavy (non-hydrogen) atoms. The predicted octanol–water partition coefficient (Wildman–Crippen LogP) is 3.12. The number of halogens is 1. The van der Waals surface area contributed by atoms with Gasteiger partial charge in [0, 0.05) is 10.2 Å². The molecule has 1 N–H and O–H groups in total. The molecule has 0 aliphatic heterocycles. The second-order valence-corrected chi connectivity index (χ2v) is 5.24. The first kappa shape index (κ1) is 15.7. The third-order valence-electron chi connectivity index (χ3n) is 2.67. The van der Waals surface area contributed by atoms with E-state index in [4.69, 9.17) is 10.00 Å². The lowest BCUT2D eigenvalue weighted by atomic mass is 10.1. The molecule has 0 unspecified atom stereocenters. The number of carbonyl (C=O) groups is 2. The minimum atomic E-state index is -0.651. The van der Waals surface area contributed by atoms with Crippen molar-refractivity contribution in [3.63, 3.8) is 0 Å². The highest BCUT2D eigenvalue weighted by atomic mass is 79.9. The number of rotatable bonds is 4. The van der Waals surface area contributed by atoms with E-state index in [-0.39, 0.29) is 5.56 Å². The van der Waals surface area contributed by atoms with Crippen LogP contribution in [0.25, 0.3) is 0 Å². The van der Waals surface area contributed by atoms with Gasteiger partial charge in [-0.05, 0) is 36.4 Å². The maximum Gasteiger partial charge on any atom is 0.338 e. The van der Waals surface area contributed by atoms with E-state index < -0.39 is 18.5 Å². The molecule has 0 fully saturated rings. The Morgan fingerprint density at radius 1 is 1.18 bits per heavy atom. The van der Waals surface area contributed by atoms with Gasteiger partial charge >= 0.3 is 5.97 Å². The molecule has 0 saturated carbocycles. The van der Waals surface area contributed by atoms with E-state index in [2.05, 4.69) is 21.2 Å². The molecular weight excluding hydrogens is 348 g/mol. The van der Waals surface area contributed by atoms with Crippen LogP contribution in [-0.4, -0.2) is 18.5 Å². The van der Waals surface area contributed by atoms with E-state index in [9.17, 15) is 9.59 Å². The number of hydrogen-bond acceptors (Lipinski definition) is 4. The summed E-state index contributed by atoms with van der Waals surface area (Å²) in [5, 5.41) is 11.4. The van der Waals surface area contributed by atoms with Gasteiger partial charge in [0.1, 0.15) is 0 Å². The molecule has 0 aromatic heterocycles. The highest BCUT2D eigenvalue weighted by Gasteiger charge is 2.11. The molecule has 0 spiro atoms. The summed E-state index contributed by atoms with van der Waals surface area (Å²) < 4.78 is 5.75. The smallest absolute Gasteiger partial charge is 0.338 e. The fourth-order valence-corrected chi connectivity index (χ4v) is 2.09. The van der Waals surface area contributed by atoms with Gasteiger partial charge in [0.25, 0.3) is 5.91 Å². The lowest BCUT2D eigenvalue weighted by Gasteiger charge is -2.07. The molecule has 0 heterocycles.